The van der Waals surface area contributed by atoms with Crippen molar-refractivity contribution in [3.8, 4) is 17.3 Å². The van der Waals surface area contributed by atoms with E-state index in [9.17, 15) is 0 Å². The number of nitrogens with two attached hydrogens (primary N) is 1. The van der Waals surface area contributed by atoms with Gasteiger partial charge in [0.25, 0.3) is 0 Å². The Kier molecular flexibility index (Phi) is 3.51. The van der Waals surface area contributed by atoms with Crippen molar-refractivity contribution in [2.75, 3.05) is 12.8 Å². The second-order valence-electron chi connectivity index (χ2n) is 3.72. The normalized spacial score (nSPS) is 10.0. The van der Waals surface area contributed by atoms with Crippen molar-refractivity contribution in [1.29, 1.82) is 5.26 Å². The van der Waals surface area contributed by atoms with E-state index in [4.69, 9.17) is 15.7 Å². The third kappa shape index (κ3) is 2.62. The Morgan fingerprint density at radius 3 is 2.89 bits per heavy atom. The third-order valence-electron chi connectivity index (χ3n) is 2.35. The van der Waals surface area contributed by atoms with Gasteiger partial charge in [0.1, 0.15) is 12.4 Å². The van der Waals surface area contributed by atoms with Gasteiger partial charge in [0.15, 0.2) is 5.82 Å². The van der Waals surface area contributed by atoms with Crippen LogP contribution in [0.15, 0.2) is 30.3 Å². The lowest BCUT2D eigenvalue weighted by Gasteiger charge is -2.05. The molecule has 0 bridgehead atoms. The van der Waals surface area contributed by atoms with E-state index >= 15 is 0 Å². The van der Waals surface area contributed by atoms with Gasteiger partial charge in [0.2, 0.25) is 0 Å². The monoisotopic (exact) mass is 240 g/mol. The maximum Gasteiger partial charge on any atom is 0.157 e. The van der Waals surface area contributed by atoms with Crippen LogP contribution in [0.3, 0.4) is 0 Å². The van der Waals surface area contributed by atoms with Gasteiger partial charge in [-0.05, 0) is 12.1 Å². The molecule has 5 heteroatoms. The van der Waals surface area contributed by atoms with Gasteiger partial charge in [-0.1, -0.05) is 12.1 Å². The minimum Gasteiger partial charge on any atom is -0.384 e. The van der Waals surface area contributed by atoms with E-state index < -0.39 is 0 Å². The summed E-state index contributed by atoms with van der Waals surface area (Å²) >= 11 is 0. The number of nitrogen functional groups attached to an aromatic ring is 1. The SMILES string of the molecule is COCc1nc(N)cc(-c2cccc(C#N)c2)n1. The van der Waals surface area contributed by atoms with Crippen LogP contribution < -0.4 is 5.73 Å². The van der Waals surface area contributed by atoms with Crippen LogP contribution in [-0.2, 0) is 11.3 Å². The second kappa shape index (κ2) is 5.25. The molecule has 2 rings (SSSR count). The maximum atomic E-state index is 8.87. The molecule has 2 aromatic rings. The number of rotatable bonds is 3. The first-order valence-electron chi connectivity index (χ1n) is 5.36. The summed E-state index contributed by atoms with van der Waals surface area (Å²) in [7, 11) is 1.57. The summed E-state index contributed by atoms with van der Waals surface area (Å²) in [6.07, 6.45) is 0. The van der Waals surface area contributed by atoms with E-state index in [1.54, 1.807) is 25.3 Å². The predicted octanol–water partition coefficient (Wildman–Crippen LogP) is 1.74. The Bertz CT molecular complexity index is 604. The Labute approximate surface area is 105 Å². The fraction of sp³-hybridized carbons (Fsp3) is 0.154. The molecule has 0 aliphatic rings. The number of benzene rings is 1. The summed E-state index contributed by atoms with van der Waals surface area (Å²) in [6.45, 7) is 0.302. The van der Waals surface area contributed by atoms with Gasteiger partial charge >= 0.3 is 0 Å². The van der Waals surface area contributed by atoms with Crippen LogP contribution in [0.1, 0.15) is 11.4 Å². The van der Waals surface area contributed by atoms with Crippen molar-refractivity contribution < 1.29 is 4.74 Å². The minimum absolute atomic E-state index is 0.302. The fourth-order valence-electron chi connectivity index (χ4n) is 1.61. The first-order valence-corrected chi connectivity index (χ1v) is 5.36. The highest BCUT2D eigenvalue weighted by molar-refractivity contribution is 5.63. The molecule has 18 heavy (non-hydrogen) atoms. The molecule has 0 spiro atoms. The zero-order valence-corrected chi connectivity index (χ0v) is 9.92. The molecular weight excluding hydrogens is 228 g/mol. The standard InChI is InChI=1S/C13H12N4O/c1-18-8-13-16-11(6-12(15)17-13)10-4-2-3-9(5-10)7-14/h2-6H,8H2,1H3,(H2,15,16,17). The van der Waals surface area contributed by atoms with E-state index in [0.717, 1.165) is 5.56 Å². The van der Waals surface area contributed by atoms with E-state index in [0.29, 0.717) is 29.5 Å². The van der Waals surface area contributed by atoms with Gasteiger partial charge in [-0.3, -0.25) is 0 Å². The van der Waals surface area contributed by atoms with Crippen LogP contribution in [0, 0.1) is 11.3 Å². The molecule has 0 aliphatic carbocycles. The molecule has 0 aliphatic heterocycles. The number of hydrogen-bond donors (Lipinski definition) is 1. The van der Waals surface area contributed by atoms with E-state index in [-0.39, 0.29) is 0 Å². The third-order valence-corrected chi connectivity index (χ3v) is 2.35. The highest BCUT2D eigenvalue weighted by Gasteiger charge is 2.05. The number of ether oxygens (including phenoxy) is 1. The van der Waals surface area contributed by atoms with Crippen molar-refractivity contribution >= 4 is 5.82 Å². The zero-order valence-electron chi connectivity index (χ0n) is 9.92. The maximum absolute atomic E-state index is 8.87. The molecule has 0 saturated heterocycles. The molecular formula is C13H12N4O. The van der Waals surface area contributed by atoms with Gasteiger partial charge < -0.3 is 10.5 Å². The molecule has 0 amide bonds. The van der Waals surface area contributed by atoms with Gasteiger partial charge in [-0.2, -0.15) is 5.26 Å². The molecule has 1 aromatic heterocycles. The molecule has 0 unspecified atom stereocenters. The Morgan fingerprint density at radius 1 is 1.33 bits per heavy atom. The van der Waals surface area contributed by atoms with Crippen LogP contribution in [-0.4, -0.2) is 17.1 Å². The zero-order chi connectivity index (χ0) is 13.0. The Hall–Kier alpha value is -2.45. The highest BCUT2D eigenvalue weighted by Crippen LogP contribution is 2.20. The number of anilines is 1. The second-order valence-corrected chi connectivity index (χ2v) is 3.72. The van der Waals surface area contributed by atoms with Gasteiger partial charge in [-0.25, -0.2) is 9.97 Å². The lowest BCUT2D eigenvalue weighted by molar-refractivity contribution is 0.178. The summed E-state index contributed by atoms with van der Waals surface area (Å²) in [5.41, 5.74) is 7.83. The molecule has 90 valence electrons. The summed E-state index contributed by atoms with van der Waals surface area (Å²) in [4.78, 5) is 8.41. The fourth-order valence-corrected chi connectivity index (χ4v) is 1.61. The lowest BCUT2D eigenvalue weighted by atomic mass is 10.1. The lowest BCUT2D eigenvalue weighted by Crippen LogP contribution is -2.02. The predicted molar refractivity (Wildman–Crippen MR) is 67.3 cm³/mol. The molecule has 2 N–H and O–H groups in total. The topological polar surface area (TPSA) is 84.8 Å². The molecule has 0 saturated carbocycles. The highest BCUT2D eigenvalue weighted by atomic mass is 16.5. The average Bonchev–Trinajstić information content (AvgIpc) is 2.38. The van der Waals surface area contributed by atoms with Crippen molar-refractivity contribution in [3.63, 3.8) is 0 Å². The van der Waals surface area contributed by atoms with Crippen molar-refractivity contribution in [3.05, 3.63) is 41.7 Å². The van der Waals surface area contributed by atoms with Crippen LogP contribution in [0.2, 0.25) is 0 Å². The van der Waals surface area contributed by atoms with Crippen molar-refractivity contribution in [2.24, 2.45) is 0 Å². The van der Waals surface area contributed by atoms with Crippen LogP contribution >= 0.6 is 0 Å². The average molecular weight is 240 g/mol. The Morgan fingerprint density at radius 2 is 2.17 bits per heavy atom. The molecule has 0 radical (unpaired) electrons. The molecule has 0 atom stereocenters. The van der Waals surface area contributed by atoms with Crippen LogP contribution in [0.5, 0.6) is 0 Å². The van der Waals surface area contributed by atoms with E-state index in [2.05, 4.69) is 16.0 Å². The number of methoxy groups -OCH3 is 1. The molecule has 1 aromatic carbocycles. The quantitative estimate of drug-likeness (QED) is 0.883. The number of nitrogens with zero attached hydrogens (tertiary/aromatic N) is 3. The summed E-state index contributed by atoms with van der Waals surface area (Å²) in [5, 5.41) is 8.87. The van der Waals surface area contributed by atoms with Crippen molar-refractivity contribution in [2.45, 2.75) is 6.61 Å². The largest absolute Gasteiger partial charge is 0.384 e. The number of nitriles is 1. The smallest absolute Gasteiger partial charge is 0.157 e. The van der Waals surface area contributed by atoms with Crippen LogP contribution in [0.25, 0.3) is 11.3 Å². The molecule has 5 nitrogen and oxygen atoms in total. The van der Waals surface area contributed by atoms with E-state index in [1.807, 2.05) is 12.1 Å². The number of aromatic nitrogens is 2. The summed E-state index contributed by atoms with van der Waals surface area (Å²) in [5.74, 6) is 0.907. The number of hydrogen-bond acceptors (Lipinski definition) is 5. The minimum atomic E-state index is 0.302. The first kappa shape index (κ1) is 12.0. The van der Waals surface area contributed by atoms with E-state index in [1.165, 1.54) is 0 Å². The molecule has 0 fully saturated rings. The van der Waals surface area contributed by atoms with Crippen LogP contribution in [0.4, 0.5) is 5.82 Å². The molecule has 1 heterocycles. The summed E-state index contributed by atoms with van der Waals surface area (Å²) < 4.78 is 4.99. The van der Waals surface area contributed by atoms with Crippen molar-refractivity contribution in [1.82, 2.24) is 9.97 Å². The van der Waals surface area contributed by atoms with Gasteiger partial charge in [0, 0.05) is 18.7 Å². The Balaban J connectivity index is 2.46. The summed E-state index contributed by atoms with van der Waals surface area (Å²) in [6, 6.07) is 11.0. The van der Waals surface area contributed by atoms with Gasteiger partial charge in [-0.15, -0.1) is 0 Å². The van der Waals surface area contributed by atoms with Gasteiger partial charge in [0.05, 0.1) is 17.3 Å². The first-order chi connectivity index (χ1) is 8.72.